The summed E-state index contributed by atoms with van der Waals surface area (Å²) in [5, 5.41) is 3.34. The Hall–Kier alpha value is -1.35. The minimum Gasteiger partial charge on any atom is -0.471 e. The van der Waals surface area contributed by atoms with Gasteiger partial charge in [0, 0.05) is 12.5 Å². The maximum atomic E-state index is 5.94. The van der Waals surface area contributed by atoms with Crippen molar-refractivity contribution in [3.8, 4) is 0 Å². The number of nitrogens with zero attached hydrogens (tertiary/aromatic N) is 1. The fourth-order valence-corrected chi connectivity index (χ4v) is 2.33. The highest BCUT2D eigenvalue weighted by molar-refractivity contribution is 5.81. The molecule has 1 N–H and O–H groups in total. The molecule has 0 saturated carbocycles. The van der Waals surface area contributed by atoms with Crippen LogP contribution >= 0.6 is 0 Å². The average Bonchev–Trinajstić information content (AvgIpc) is 3.01. The highest BCUT2D eigenvalue weighted by Gasteiger charge is 2.29. The highest BCUT2D eigenvalue weighted by Crippen LogP contribution is 2.26. The van der Waals surface area contributed by atoms with Gasteiger partial charge in [-0.15, -0.1) is 0 Å². The summed E-state index contributed by atoms with van der Waals surface area (Å²) in [6.07, 6.45) is 1.29. The van der Waals surface area contributed by atoms with Gasteiger partial charge < -0.3 is 10.1 Å². The van der Waals surface area contributed by atoms with Crippen molar-refractivity contribution in [1.29, 1.82) is 0 Å². The lowest BCUT2D eigenvalue weighted by molar-refractivity contribution is 0.216. The van der Waals surface area contributed by atoms with E-state index in [1.807, 2.05) is 18.2 Å². The Labute approximate surface area is 95.5 Å². The summed E-state index contributed by atoms with van der Waals surface area (Å²) in [6.45, 7) is 2.87. The monoisotopic (exact) mass is 216 g/mol. The summed E-state index contributed by atoms with van der Waals surface area (Å²) in [4.78, 5) is 4.53. The smallest absolute Gasteiger partial charge is 0.188 e. The van der Waals surface area contributed by atoms with Gasteiger partial charge in [0.25, 0.3) is 0 Å². The van der Waals surface area contributed by atoms with Crippen LogP contribution in [0.15, 0.2) is 35.3 Å². The van der Waals surface area contributed by atoms with Crippen molar-refractivity contribution in [3.63, 3.8) is 0 Å². The van der Waals surface area contributed by atoms with E-state index in [-0.39, 0.29) is 6.10 Å². The molecule has 0 amide bonds. The number of benzene rings is 1. The van der Waals surface area contributed by atoms with E-state index in [2.05, 4.69) is 22.4 Å². The predicted octanol–water partition coefficient (Wildman–Crippen LogP) is 1.77. The summed E-state index contributed by atoms with van der Waals surface area (Å²) in [7, 11) is 0. The molecule has 0 aromatic heterocycles. The number of hydrogen-bond acceptors (Lipinski definition) is 3. The summed E-state index contributed by atoms with van der Waals surface area (Å²) < 4.78 is 5.94. The van der Waals surface area contributed by atoms with E-state index in [0.29, 0.717) is 5.92 Å². The van der Waals surface area contributed by atoms with Crippen molar-refractivity contribution in [2.45, 2.75) is 12.5 Å². The van der Waals surface area contributed by atoms with Crippen molar-refractivity contribution in [2.24, 2.45) is 10.9 Å². The third kappa shape index (κ3) is 1.83. The Morgan fingerprint density at radius 1 is 1.25 bits per heavy atom. The van der Waals surface area contributed by atoms with E-state index in [4.69, 9.17) is 4.74 Å². The van der Waals surface area contributed by atoms with Crippen LogP contribution in [-0.4, -0.2) is 25.5 Å². The van der Waals surface area contributed by atoms with Crippen LogP contribution in [0, 0.1) is 5.92 Å². The van der Waals surface area contributed by atoms with Gasteiger partial charge in [-0.3, -0.25) is 4.99 Å². The van der Waals surface area contributed by atoms with E-state index in [0.717, 1.165) is 32.0 Å². The van der Waals surface area contributed by atoms with Crippen molar-refractivity contribution >= 4 is 5.90 Å². The van der Waals surface area contributed by atoms with Crippen LogP contribution in [0.5, 0.6) is 0 Å². The lowest BCUT2D eigenvalue weighted by Gasteiger charge is -2.14. The van der Waals surface area contributed by atoms with Crippen LogP contribution < -0.4 is 5.32 Å². The molecule has 2 atom stereocenters. The minimum absolute atomic E-state index is 0.136. The molecule has 3 nitrogen and oxygen atoms in total. The molecule has 2 heterocycles. The second-order valence-electron chi connectivity index (χ2n) is 4.39. The molecule has 1 aromatic rings. The lowest BCUT2D eigenvalue weighted by atomic mass is 10.1. The molecular weight excluding hydrogens is 200 g/mol. The van der Waals surface area contributed by atoms with Gasteiger partial charge in [-0.25, -0.2) is 0 Å². The first-order chi connectivity index (χ1) is 7.93. The van der Waals surface area contributed by atoms with Crippen molar-refractivity contribution in [3.05, 3.63) is 35.9 Å². The van der Waals surface area contributed by atoms with Gasteiger partial charge >= 0.3 is 0 Å². The first kappa shape index (κ1) is 9.85. The third-order valence-electron chi connectivity index (χ3n) is 3.26. The van der Waals surface area contributed by atoms with Crippen LogP contribution in [-0.2, 0) is 4.74 Å². The molecule has 1 fully saturated rings. The summed E-state index contributed by atoms with van der Waals surface area (Å²) in [6, 6.07) is 10.3. The third-order valence-corrected chi connectivity index (χ3v) is 3.26. The van der Waals surface area contributed by atoms with E-state index in [1.54, 1.807) is 0 Å². The standard InChI is InChI=1S/C13H16N2O/c1-2-4-10(5-3-1)12-9-15-13(16-12)11-6-7-14-8-11/h1-5,11-12,14H,6-9H2. The molecule has 3 rings (SSSR count). The fraction of sp³-hybridized carbons (Fsp3) is 0.462. The van der Waals surface area contributed by atoms with Gasteiger partial charge in [0.1, 0.15) is 6.10 Å². The fourth-order valence-electron chi connectivity index (χ4n) is 2.33. The van der Waals surface area contributed by atoms with E-state index >= 15 is 0 Å². The zero-order valence-corrected chi connectivity index (χ0v) is 9.23. The molecule has 84 valence electrons. The highest BCUT2D eigenvalue weighted by atomic mass is 16.5. The van der Waals surface area contributed by atoms with Crippen molar-refractivity contribution < 1.29 is 4.74 Å². The molecule has 16 heavy (non-hydrogen) atoms. The maximum absolute atomic E-state index is 5.94. The van der Waals surface area contributed by atoms with Crippen LogP contribution in [0.1, 0.15) is 18.1 Å². The van der Waals surface area contributed by atoms with Crippen LogP contribution in [0.4, 0.5) is 0 Å². The molecule has 0 aliphatic carbocycles. The van der Waals surface area contributed by atoms with Gasteiger partial charge in [0.05, 0.1) is 6.54 Å². The van der Waals surface area contributed by atoms with Crippen molar-refractivity contribution in [1.82, 2.24) is 5.32 Å². The zero-order chi connectivity index (χ0) is 10.8. The molecule has 1 saturated heterocycles. The van der Waals surface area contributed by atoms with Gasteiger partial charge in [-0.1, -0.05) is 30.3 Å². The Bertz CT molecular complexity index is 382. The second-order valence-corrected chi connectivity index (χ2v) is 4.39. The molecule has 0 spiro atoms. The lowest BCUT2D eigenvalue weighted by Crippen LogP contribution is -2.18. The number of rotatable bonds is 2. The number of ether oxygens (including phenoxy) is 1. The molecule has 3 heteroatoms. The summed E-state index contributed by atoms with van der Waals surface area (Å²) in [5.74, 6) is 1.45. The topological polar surface area (TPSA) is 33.6 Å². The van der Waals surface area contributed by atoms with Gasteiger partial charge in [-0.05, 0) is 18.5 Å². The second kappa shape index (κ2) is 4.26. The molecular formula is C13H16N2O. The van der Waals surface area contributed by atoms with Gasteiger partial charge in [0.15, 0.2) is 5.90 Å². The molecule has 1 aromatic carbocycles. The quantitative estimate of drug-likeness (QED) is 0.817. The summed E-state index contributed by atoms with van der Waals surface area (Å²) >= 11 is 0. The van der Waals surface area contributed by atoms with E-state index < -0.39 is 0 Å². The van der Waals surface area contributed by atoms with Gasteiger partial charge in [-0.2, -0.15) is 0 Å². The van der Waals surface area contributed by atoms with Gasteiger partial charge in [0.2, 0.25) is 0 Å². The Morgan fingerprint density at radius 2 is 2.12 bits per heavy atom. The molecule has 2 aliphatic heterocycles. The number of nitrogens with one attached hydrogen (secondary N) is 1. The SMILES string of the molecule is c1ccc(C2CN=C(C3CCNC3)O2)cc1. The van der Waals surface area contributed by atoms with Crippen LogP contribution in [0.25, 0.3) is 0 Å². The number of hydrogen-bond donors (Lipinski definition) is 1. The van der Waals surface area contributed by atoms with Crippen LogP contribution in [0.3, 0.4) is 0 Å². The molecule has 2 unspecified atom stereocenters. The first-order valence-corrected chi connectivity index (χ1v) is 5.90. The molecule has 2 aliphatic rings. The van der Waals surface area contributed by atoms with Crippen molar-refractivity contribution in [2.75, 3.05) is 19.6 Å². The summed E-state index contributed by atoms with van der Waals surface area (Å²) in [5.41, 5.74) is 1.23. The minimum atomic E-state index is 0.136. The predicted molar refractivity (Wildman–Crippen MR) is 63.5 cm³/mol. The Kier molecular flexibility index (Phi) is 2.62. The van der Waals surface area contributed by atoms with Crippen LogP contribution in [0.2, 0.25) is 0 Å². The molecule has 0 bridgehead atoms. The first-order valence-electron chi connectivity index (χ1n) is 5.90. The van der Waals surface area contributed by atoms with E-state index in [9.17, 15) is 0 Å². The zero-order valence-electron chi connectivity index (χ0n) is 9.23. The average molecular weight is 216 g/mol. The molecule has 0 radical (unpaired) electrons. The Morgan fingerprint density at radius 3 is 2.88 bits per heavy atom. The Balaban J connectivity index is 1.67. The number of aliphatic imine (C=N–C) groups is 1. The normalized spacial score (nSPS) is 28.9. The maximum Gasteiger partial charge on any atom is 0.188 e. The largest absolute Gasteiger partial charge is 0.471 e. The van der Waals surface area contributed by atoms with E-state index in [1.165, 1.54) is 5.56 Å².